The first-order valence-electron chi connectivity index (χ1n) is 6.74. The molecule has 1 fully saturated rings. The molecule has 0 aromatic heterocycles. The van der Waals surface area contributed by atoms with Crippen LogP contribution >= 0.6 is 0 Å². The van der Waals surface area contributed by atoms with Gasteiger partial charge in [-0.25, -0.2) is 0 Å². The van der Waals surface area contributed by atoms with E-state index in [-0.39, 0.29) is 0 Å². The van der Waals surface area contributed by atoms with Gasteiger partial charge in [0.1, 0.15) is 0 Å². The third kappa shape index (κ3) is 3.01. The number of anilines is 1. The van der Waals surface area contributed by atoms with E-state index >= 15 is 0 Å². The number of nitrogens with zero attached hydrogens (tertiary/aromatic N) is 1. The summed E-state index contributed by atoms with van der Waals surface area (Å²) < 4.78 is 0. The Morgan fingerprint density at radius 2 is 1.76 bits per heavy atom. The van der Waals surface area contributed by atoms with Gasteiger partial charge in [-0.3, -0.25) is 0 Å². The smallest absolute Gasteiger partial charge is 0.0366 e. The summed E-state index contributed by atoms with van der Waals surface area (Å²) in [6.45, 7) is 7.72. The van der Waals surface area contributed by atoms with Gasteiger partial charge in [0.25, 0.3) is 0 Å². The Labute approximate surface area is 105 Å². The fourth-order valence-corrected chi connectivity index (χ4v) is 2.67. The highest BCUT2D eigenvalue weighted by Crippen LogP contribution is 2.27. The average molecular weight is 232 g/mol. The van der Waals surface area contributed by atoms with Gasteiger partial charge in [-0.15, -0.1) is 0 Å². The molecule has 0 amide bonds. The Balaban J connectivity index is 1.95. The molecule has 0 saturated carbocycles. The van der Waals surface area contributed by atoms with E-state index < -0.39 is 0 Å². The number of hydrogen-bond acceptors (Lipinski definition) is 2. The Hall–Kier alpha value is -1.02. The van der Waals surface area contributed by atoms with E-state index in [0.717, 1.165) is 11.8 Å². The molecule has 1 aliphatic heterocycles. The molecule has 1 saturated heterocycles. The lowest BCUT2D eigenvalue weighted by Gasteiger charge is -2.35. The van der Waals surface area contributed by atoms with Crippen LogP contribution in [0.3, 0.4) is 0 Å². The summed E-state index contributed by atoms with van der Waals surface area (Å²) in [5.74, 6) is 1.74. The number of rotatable bonds is 3. The number of piperidine rings is 1. The van der Waals surface area contributed by atoms with E-state index in [1.807, 2.05) is 0 Å². The van der Waals surface area contributed by atoms with Gasteiger partial charge in [0.05, 0.1) is 0 Å². The third-order valence-corrected chi connectivity index (χ3v) is 4.02. The van der Waals surface area contributed by atoms with Crippen molar-refractivity contribution in [1.29, 1.82) is 0 Å². The Bertz CT molecular complexity index is 334. The summed E-state index contributed by atoms with van der Waals surface area (Å²) in [6.07, 6.45) is 2.66. The fraction of sp³-hybridized carbons (Fsp3) is 0.600. The zero-order valence-corrected chi connectivity index (χ0v) is 11.0. The van der Waals surface area contributed by atoms with Crippen LogP contribution in [-0.4, -0.2) is 13.1 Å². The molecule has 1 aromatic rings. The van der Waals surface area contributed by atoms with Gasteiger partial charge in [-0.1, -0.05) is 26.0 Å². The highest BCUT2D eigenvalue weighted by Gasteiger charge is 2.21. The first-order chi connectivity index (χ1) is 8.20. The van der Waals surface area contributed by atoms with E-state index in [2.05, 4.69) is 43.0 Å². The molecule has 0 bridgehead atoms. The van der Waals surface area contributed by atoms with Crippen LogP contribution < -0.4 is 10.6 Å². The summed E-state index contributed by atoms with van der Waals surface area (Å²) in [5.41, 5.74) is 8.18. The van der Waals surface area contributed by atoms with Gasteiger partial charge in [0, 0.05) is 25.3 Å². The summed E-state index contributed by atoms with van der Waals surface area (Å²) in [4.78, 5) is 2.50. The number of nitrogens with two attached hydrogens (primary N) is 1. The van der Waals surface area contributed by atoms with Crippen LogP contribution in [0.5, 0.6) is 0 Å². The van der Waals surface area contributed by atoms with Crippen LogP contribution in [0.25, 0.3) is 0 Å². The predicted octanol–water partition coefficient (Wildman–Crippen LogP) is 3.02. The summed E-state index contributed by atoms with van der Waals surface area (Å²) >= 11 is 0. The Morgan fingerprint density at radius 1 is 1.18 bits per heavy atom. The molecular weight excluding hydrogens is 208 g/mol. The largest absolute Gasteiger partial charge is 0.372 e. The fourth-order valence-electron chi connectivity index (χ4n) is 2.67. The quantitative estimate of drug-likeness (QED) is 0.868. The second-order valence-electron chi connectivity index (χ2n) is 5.44. The van der Waals surface area contributed by atoms with Gasteiger partial charge in [-0.2, -0.15) is 0 Å². The average Bonchev–Trinajstić information content (AvgIpc) is 2.39. The Kier molecular flexibility index (Phi) is 4.06. The van der Waals surface area contributed by atoms with E-state index in [4.69, 9.17) is 5.73 Å². The van der Waals surface area contributed by atoms with Crippen LogP contribution in [0.15, 0.2) is 24.3 Å². The number of benzene rings is 1. The lowest BCUT2D eigenvalue weighted by molar-refractivity contribution is 0.311. The predicted molar refractivity (Wildman–Crippen MR) is 74.1 cm³/mol. The lowest BCUT2D eigenvalue weighted by Crippen LogP contribution is -2.35. The third-order valence-electron chi connectivity index (χ3n) is 4.02. The maximum absolute atomic E-state index is 5.62. The minimum atomic E-state index is 0.635. The standard InChI is InChI=1S/C15H24N2/c1-12(2)14-7-9-17(10-8-14)15-5-3-13(11-16)4-6-15/h3-6,12,14H,7-11,16H2,1-2H3. The molecular formula is C15H24N2. The summed E-state index contributed by atoms with van der Waals surface area (Å²) in [7, 11) is 0. The van der Waals surface area contributed by atoms with Gasteiger partial charge >= 0.3 is 0 Å². The van der Waals surface area contributed by atoms with Crippen molar-refractivity contribution in [3.63, 3.8) is 0 Å². The van der Waals surface area contributed by atoms with Crippen LogP contribution in [0.4, 0.5) is 5.69 Å². The van der Waals surface area contributed by atoms with Crippen LogP contribution in [0, 0.1) is 11.8 Å². The first-order valence-corrected chi connectivity index (χ1v) is 6.74. The van der Waals surface area contributed by atoms with Crippen molar-refractivity contribution in [2.45, 2.75) is 33.2 Å². The molecule has 0 radical (unpaired) electrons. The number of hydrogen-bond donors (Lipinski definition) is 1. The lowest BCUT2D eigenvalue weighted by atomic mass is 9.86. The zero-order valence-electron chi connectivity index (χ0n) is 11.0. The Morgan fingerprint density at radius 3 is 2.24 bits per heavy atom. The van der Waals surface area contributed by atoms with Crippen molar-refractivity contribution in [3.05, 3.63) is 29.8 Å². The van der Waals surface area contributed by atoms with Crippen LogP contribution in [-0.2, 0) is 6.54 Å². The van der Waals surface area contributed by atoms with Gasteiger partial charge in [0.15, 0.2) is 0 Å². The van der Waals surface area contributed by atoms with Gasteiger partial charge in [-0.05, 0) is 42.4 Å². The topological polar surface area (TPSA) is 29.3 Å². The van der Waals surface area contributed by atoms with Gasteiger partial charge < -0.3 is 10.6 Å². The summed E-state index contributed by atoms with van der Waals surface area (Å²) in [5, 5.41) is 0. The molecule has 1 aromatic carbocycles. The highest BCUT2D eigenvalue weighted by atomic mass is 15.1. The molecule has 0 atom stereocenters. The second kappa shape index (κ2) is 5.54. The van der Waals surface area contributed by atoms with Crippen LogP contribution in [0.2, 0.25) is 0 Å². The molecule has 1 heterocycles. The molecule has 2 nitrogen and oxygen atoms in total. The zero-order chi connectivity index (χ0) is 12.3. The van der Waals surface area contributed by atoms with Crippen molar-refractivity contribution in [2.75, 3.05) is 18.0 Å². The van der Waals surface area contributed by atoms with Crippen molar-refractivity contribution in [2.24, 2.45) is 17.6 Å². The van der Waals surface area contributed by atoms with Crippen molar-refractivity contribution in [1.82, 2.24) is 0 Å². The molecule has 0 aliphatic carbocycles. The molecule has 1 aliphatic rings. The summed E-state index contributed by atoms with van der Waals surface area (Å²) in [6, 6.07) is 8.70. The van der Waals surface area contributed by atoms with Gasteiger partial charge in [0.2, 0.25) is 0 Å². The molecule has 17 heavy (non-hydrogen) atoms. The molecule has 2 heteroatoms. The maximum Gasteiger partial charge on any atom is 0.0366 e. The van der Waals surface area contributed by atoms with E-state index in [1.165, 1.54) is 37.2 Å². The van der Waals surface area contributed by atoms with Crippen LogP contribution in [0.1, 0.15) is 32.3 Å². The minimum Gasteiger partial charge on any atom is -0.372 e. The first kappa shape index (κ1) is 12.4. The minimum absolute atomic E-state index is 0.635. The monoisotopic (exact) mass is 232 g/mol. The highest BCUT2D eigenvalue weighted by molar-refractivity contribution is 5.47. The molecule has 0 spiro atoms. The van der Waals surface area contributed by atoms with E-state index in [0.29, 0.717) is 6.54 Å². The van der Waals surface area contributed by atoms with Crippen molar-refractivity contribution < 1.29 is 0 Å². The second-order valence-corrected chi connectivity index (χ2v) is 5.44. The molecule has 2 N–H and O–H groups in total. The maximum atomic E-state index is 5.62. The van der Waals surface area contributed by atoms with E-state index in [1.54, 1.807) is 0 Å². The molecule has 2 rings (SSSR count). The van der Waals surface area contributed by atoms with Crippen molar-refractivity contribution >= 4 is 5.69 Å². The SMILES string of the molecule is CC(C)C1CCN(c2ccc(CN)cc2)CC1. The molecule has 94 valence electrons. The normalized spacial score (nSPS) is 17.8. The molecule has 0 unspecified atom stereocenters. The van der Waals surface area contributed by atoms with Crippen molar-refractivity contribution in [3.8, 4) is 0 Å². The van der Waals surface area contributed by atoms with E-state index in [9.17, 15) is 0 Å².